The molecule has 0 radical (unpaired) electrons. The third kappa shape index (κ3) is 0.798. The number of carbonyl (C=O) groups is 1. The van der Waals surface area contributed by atoms with E-state index in [1.807, 2.05) is 0 Å². The smallest absolute Gasteiger partial charge is 0.254 e. The highest BCUT2D eigenvalue weighted by Crippen LogP contribution is 2.17. The van der Waals surface area contributed by atoms with Crippen LogP contribution in [0.25, 0.3) is 0 Å². The summed E-state index contributed by atoms with van der Waals surface area (Å²) >= 11 is 0. The molecule has 1 amide bonds. The number of nitrogens with two attached hydrogens (primary N) is 1. The summed E-state index contributed by atoms with van der Waals surface area (Å²) < 4.78 is 0. The summed E-state index contributed by atoms with van der Waals surface area (Å²) in [5, 5.41) is 2.56. The SMILES string of the molecule is N[C@@H]1NC(=O)c2cccnc21. The van der Waals surface area contributed by atoms with Gasteiger partial charge >= 0.3 is 0 Å². The van der Waals surface area contributed by atoms with E-state index in [9.17, 15) is 4.79 Å². The van der Waals surface area contributed by atoms with E-state index in [-0.39, 0.29) is 5.91 Å². The molecule has 0 saturated carbocycles. The summed E-state index contributed by atoms with van der Waals surface area (Å²) in [4.78, 5) is 15.0. The van der Waals surface area contributed by atoms with Crippen molar-refractivity contribution >= 4 is 5.91 Å². The number of aromatic nitrogens is 1. The van der Waals surface area contributed by atoms with Gasteiger partial charge in [0, 0.05) is 6.20 Å². The van der Waals surface area contributed by atoms with Crippen LogP contribution in [0.15, 0.2) is 18.3 Å². The highest BCUT2D eigenvalue weighted by Gasteiger charge is 2.25. The Morgan fingerprint density at radius 3 is 3.18 bits per heavy atom. The highest BCUT2D eigenvalue weighted by atomic mass is 16.2. The molecule has 0 spiro atoms. The third-order valence-corrected chi connectivity index (χ3v) is 1.66. The molecule has 1 aliphatic rings. The zero-order chi connectivity index (χ0) is 7.84. The molecule has 1 aromatic rings. The van der Waals surface area contributed by atoms with Crippen molar-refractivity contribution in [2.45, 2.75) is 6.17 Å². The molecule has 2 rings (SSSR count). The van der Waals surface area contributed by atoms with Crippen molar-refractivity contribution in [2.24, 2.45) is 5.73 Å². The molecule has 0 aromatic carbocycles. The molecule has 3 N–H and O–H groups in total. The van der Waals surface area contributed by atoms with Crippen molar-refractivity contribution in [3.63, 3.8) is 0 Å². The second-order valence-electron chi connectivity index (χ2n) is 2.39. The van der Waals surface area contributed by atoms with Gasteiger partial charge in [0.1, 0.15) is 6.17 Å². The van der Waals surface area contributed by atoms with Crippen LogP contribution in [-0.2, 0) is 0 Å². The van der Waals surface area contributed by atoms with Gasteiger partial charge in [-0.3, -0.25) is 9.78 Å². The van der Waals surface area contributed by atoms with E-state index >= 15 is 0 Å². The molecule has 4 heteroatoms. The van der Waals surface area contributed by atoms with Gasteiger partial charge in [-0.2, -0.15) is 0 Å². The summed E-state index contributed by atoms with van der Waals surface area (Å²) in [5.74, 6) is -0.138. The Morgan fingerprint density at radius 1 is 1.64 bits per heavy atom. The van der Waals surface area contributed by atoms with Crippen LogP contribution < -0.4 is 11.1 Å². The summed E-state index contributed by atoms with van der Waals surface area (Å²) in [6.07, 6.45) is 1.19. The third-order valence-electron chi connectivity index (χ3n) is 1.66. The summed E-state index contributed by atoms with van der Waals surface area (Å²) in [6.45, 7) is 0. The molecule has 0 bridgehead atoms. The summed E-state index contributed by atoms with van der Waals surface area (Å²) in [5.41, 5.74) is 6.76. The van der Waals surface area contributed by atoms with Crippen molar-refractivity contribution < 1.29 is 4.79 Å². The van der Waals surface area contributed by atoms with Gasteiger partial charge in [-0.05, 0) is 12.1 Å². The first-order valence-electron chi connectivity index (χ1n) is 3.30. The minimum atomic E-state index is -0.432. The highest BCUT2D eigenvalue weighted by molar-refractivity contribution is 5.98. The van der Waals surface area contributed by atoms with Crippen LogP contribution in [0.5, 0.6) is 0 Å². The fourth-order valence-electron chi connectivity index (χ4n) is 1.14. The summed E-state index contributed by atoms with van der Waals surface area (Å²) in [7, 11) is 0. The number of amides is 1. The molecule has 1 aromatic heterocycles. The number of hydrogen-bond donors (Lipinski definition) is 2. The first kappa shape index (κ1) is 6.30. The van der Waals surface area contributed by atoms with E-state index in [2.05, 4.69) is 10.3 Å². The average molecular weight is 149 g/mol. The standard InChI is InChI=1S/C7H7N3O/c8-6-5-4(7(11)10-6)2-1-3-9-5/h1-3,6H,8H2,(H,10,11)/t6-/m1/s1. The number of nitrogens with one attached hydrogen (secondary N) is 1. The zero-order valence-electron chi connectivity index (χ0n) is 5.74. The molecule has 0 fully saturated rings. The lowest BCUT2D eigenvalue weighted by Gasteiger charge is -2.00. The average Bonchev–Trinajstić information content (AvgIpc) is 2.30. The van der Waals surface area contributed by atoms with Crippen molar-refractivity contribution in [1.82, 2.24) is 10.3 Å². The lowest BCUT2D eigenvalue weighted by molar-refractivity contribution is 0.0957. The van der Waals surface area contributed by atoms with Crippen LogP contribution in [0.3, 0.4) is 0 Å². The minimum Gasteiger partial charge on any atom is -0.331 e. The Labute approximate surface area is 63.4 Å². The van der Waals surface area contributed by atoms with E-state index in [4.69, 9.17) is 5.73 Å². The van der Waals surface area contributed by atoms with Crippen LogP contribution in [0.1, 0.15) is 22.2 Å². The number of nitrogens with zero attached hydrogens (tertiary/aromatic N) is 1. The van der Waals surface area contributed by atoms with Crippen LogP contribution in [-0.4, -0.2) is 10.9 Å². The van der Waals surface area contributed by atoms with Crippen molar-refractivity contribution in [2.75, 3.05) is 0 Å². The normalized spacial score (nSPS) is 21.2. The largest absolute Gasteiger partial charge is 0.331 e. The van der Waals surface area contributed by atoms with Gasteiger partial charge in [0.15, 0.2) is 0 Å². The molecular weight excluding hydrogens is 142 g/mol. The Morgan fingerprint density at radius 2 is 2.45 bits per heavy atom. The molecule has 56 valence electrons. The van der Waals surface area contributed by atoms with E-state index in [0.717, 1.165) is 0 Å². The fourth-order valence-corrected chi connectivity index (χ4v) is 1.14. The van der Waals surface area contributed by atoms with E-state index in [1.165, 1.54) is 0 Å². The second-order valence-corrected chi connectivity index (χ2v) is 2.39. The molecule has 2 heterocycles. The van der Waals surface area contributed by atoms with Gasteiger partial charge in [-0.1, -0.05) is 0 Å². The predicted octanol–water partition coefficient (Wildman–Crippen LogP) is -0.218. The predicted molar refractivity (Wildman–Crippen MR) is 38.6 cm³/mol. The van der Waals surface area contributed by atoms with Crippen LogP contribution >= 0.6 is 0 Å². The number of pyridine rings is 1. The van der Waals surface area contributed by atoms with Gasteiger partial charge in [0.25, 0.3) is 5.91 Å². The van der Waals surface area contributed by atoms with Gasteiger partial charge in [0.2, 0.25) is 0 Å². The molecule has 0 saturated heterocycles. The lowest BCUT2D eigenvalue weighted by Crippen LogP contribution is -2.25. The maximum atomic E-state index is 11.0. The number of carbonyl (C=O) groups excluding carboxylic acids is 1. The quantitative estimate of drug-likeness (QED) is 0.536. The second kappa shape index (κ2) is 2.03. The lowest BCUT2D eigenvalue weighted by atomic mass is 10.2. The molecule has 1 atom stereocenters. The summed E-state index contributed by atoms with van der Waals surface area (Å²) in [6, 6.07) is 3.43. The van der Waals surface area contributed by atoms with Gasteiger partial charge in [0.05, 0.1) is 11.3 Å². The van der Waals surface area contributed by atoms with Gasteiger partial charge in [-0.15, -0.1) is 0 Å². The zero-order valence-corrected chi connectivity index (χ0v) is 5.74. The van der Waals surface area contributed by atoms with E-state index in [1.54, 1.807) is 18.3 Å². The van der Waals surface area contributed by atoms with Crippen molar-refractivity contribution in [3.8, 4) is 0 Å². The topological polar surface area (TPSA) is 68.0 Å². The fraction of sp³-hybridized carbons (Fsp3) is 0.143. The molecule has 4 nitrogen and oxygen atoms in total. The Hall–Kier alpha value is -1.42. The molecule has 0 aliphatic carbocycles. The molecule has 1 aliphatic heterocycles. The van der Waals surface area contributed by atoms with Gasteiger partial charge in [-0.25, -0.2) is 0 Å². The van der Waals surface area contributed by atoms with E-state index < -0.39 is 6.17 Å². The van der Waals surface area contributed by atoms with Crippen LogP contribution in [0, 0.1) is 0 Å². The van der Waals surface area contributed by atoms with Crippen molar-refractivity contribution in [3.05, 3.63) is 29.6 Å². The number of hydrogen-bond acceptors (Lipinski definition) is 3. The van der Waals surface area contributed by atoms with E-state index in [0.29, 0.717) is 11.3 Å². The van der Waals surface area contributed by atoms with Crippen LogP contribution in [0.4, 0.5) is 0 Å². The molecule has 0 unspecified atom stereocenters. The Balaban J connectivity index is 2.60. The maximum absolute atomic E-state index is 11.0. The molecule has 11 heavy (non-hydrogen) atoms. The van der Waals surface area contributed by atoms with Crippen molar-refractivity contribution in [1.29, 1.82) is 0 Å². The monoisotopic (exact) mass is 149 g/mol. The number of fused-ring (bicyclic) bond motifs is 1. The minimum absolute atomic E-state index is 0.138. The first-order chi connectivity index (χ1) is 5.29. The van der Waals surface area contributed by atoms with Crippen LogP contribution in [0.2, 0.25) is 0 Å². The molecular formula is C7H7N3O. The maximum Gasteiger partial charge on any atom is 0.254 e. The van der Waals surface area contributed by atoms with Gasteiger partial charge < -0.3 is 11.1 Å². The Bertz CT molecular complexity index is 310. The first-order valence-corrected chi connectivity index (χ1v) is 3.30. The number of rotatable bonds is 0. The Kier molecular flexibility index (Phi) is 1.16.